The van der Waals surface area contributed by atoms with Crippen molar-refractivity contribution in [1.82, 2.24) is 15.5 Å². The van der Waals surface area contributed by atoms with Crippen LogP contribution in [-0.4, -0.2) is 21.3 Å². The highest BCUT2D eigenvalue weighted by Crippen LogP contribution is 2.22. The SMILES string of the molecule is CC(C)(NC(=O)O)c1nc(-c2ccccc2)no1. The number of carboxylic acid groups (broad SMARTS) is 1. The van der Waals surface area contributed by atoms with Crippen molar-refractivity contribution in [3.63, 3.8) is 0 Å². The molecular formula is C12H13N3O3. The Balaban J connectivity index is 2.28. The van der Waals surface area contributed by atoms with E-state index in [1.165, 1.54) is 0 Å². The van der Waals surface area contributed by atoms with Crippen molar-refractivity contribution in [2.24, 2.45) is 0 Å². The van der Waals surface area contributed by atoms with Crippen LogP contribution in [0.2, 0.25) is 0 Å². The Morgan fingerprint density at radius 1 is 1.33 bits per heavy atom. The van der Waals surface area contributed by atoms with Crippen molar-refractivity contribution in [3.05, 3.63) is 36.2 Å². The van der Waals surface area contributed by atoms with E-state index in [4.69, 9.17) is 9.63 Å². The molecule has 0 spiro atoms. The second kappa shape index (κ2) is 4.48. The highest BCUT2D eigenvalue weighted by atomic mass is 16.5. The summed E-state index contributed by atoms with van der Waals surface area (Å²) in [4.78, 5) is 14.9. The van der Waals surface area contributed by atoms with Crippen LogP contribution in [0.15, 0.2) is 34.9 Å². The average molecular weight is 247 g/mol. The smallest absolute Gasteiger partial charge is 0.405 e. The number of aromatic nitrogens is 2. The predicted octanol–water partition coefficient (Wildman–Crippen LogP) is 2.24. The number of rotatable bonds is 3. The molecule has 6 nitrogen and oxygen atoms in total. The quantitative estimate of drug-likeness (QED) is 0.868. The summed E-state index contributed by atoms with van der Waals surface area (Å²) in [6.07, 6.45) is -1.14. The lowest BCUT2D eigenvalue weighted by molar-refractivity contribution is 0.173. The normalized spacial score (nSPS) is 11.2. The van der Waals surface area contributed by atoms with Crippen LogP contribution in [0.3, 0.4) is 0 Å². The lowest BCUT2D eigenvalue weighted by Crippen LogP contribution is -2.40. The second-order valence-electron chi connectivity index (χ2n) is 4.34. The van der Waals surface area contributed by atoms with Crippen LogP contribution in [0.5, 0.6) is 0 Å². The summed E-state index contributed by atoms with van der Waals surface area (Å²) in [6, 6.07) is 9.33. The fourth-order valence-electron chi connectivity index (χ4n) is 1.50. The first kappa shape index (κ1) is 12.1. The molecule has 6 heteroatoms. The van der Waals surface area contributed by atoms with E-state index in [0.717, 1.165) is 5.56 Å². The summed E-state index contributed by atoms with van der Waals surface area (Å²) < 4.78 is 5.10. The van der Waals surface area contributed by atoms with Crippen LogP contribution in [0.1, 0.15) is 19.7 Å². The van der Waals surface area contributed by atoms with Gasteiger partial charge in [0.05, 0.1) is 0 Å². The molecule has 0 aliphatic heterocycles. The highest BCUT2D eigenvalue weighted by Gasteiger charge is 2.29. The summed E-state index contributed by atoms with van der Waals surface area (Å²) >= 11 is 0. The molecule has 0 bridgehead atoms. The first-order valence-corrected chi connectivity index (χ1v) is 5.40. The van der Waals surface area contributed by atoms with Crippen LogP contribution in [-0.2, 0) is 5.54 Å². The fourth-order valence-corrected chi connectivity index (χ4v) is 1.50. The monoisotopic (exact) mass is 247 g/mol. The van der Waals surface area contributed by atoms with E-state index in [1.807, 2.05) is 30.3 Å². The molecule has 2 N–H and O–H groups in total. The molecule has 0 saturated carbocycles. The van der Waals surface area contributed by atoms with Crippen molar-refractivity contribution < 1.29 is 14.4 Å². The van der Waals surface area contributed by atoms with Crippen molar-refractivity contribution in [3.8, 4) is 11.4 Å². The molecule has 2 rings (SSSR count). The van der Waals surface area contributed by atoms with E-state index in [-0.39, 0.29) is 5.89 Å². The fraction of sp³-hybridized carbons (Fsp3) is 0.250. The molecule has 0 unspecified atom stereocenters. The van der Waals surface area contributed by atoms with E-state index in [2.05, 4.69) is 15.5 Å². The van der Waals surface area contributed by atoms with Gasteiger partial charge in [0.1, 0.15) is 5.54 Å². The molecule has 0 saturated heterocycles. The molecule has 94 valence electrons. The summed E-state index contributed by atoms with van der Waals surface area (Å²) in [6.45, 7) is 3.31. The number of hydrogen-bond acceptors (Lipinski definition) is 4. The van der Waals surface area contributed by atoms with E-state index in [9.17, 15) is 4.79 Å². The third-order valence-electron chi connectivity index (χ3n) is 2.41. The minimum atomic E-state index is -1.14. The van der Waals surface area contributed by atoms with Crippen molar-refractivity contribution in [1.29, 1.82) is 0 Å². The predicted molar refractivity (Wildman–Crippen MR) is 63.9 cm³/mol. The maximum absolute atomic E-state index is 10.7. The van der Waals surface area contributed by atoms with Gasteiger partial charge in [-0.05, 0) is 13.8 Å². The molecule has 1 heterocycles. The number of carbonyl (C=O) groups is 1. The molecule has 0 fully saturated rings. The molecule has 1 amide bonds. The van der Waals surface area contributed by atoms with Gasteiger partial charge in [-0.25, -0.2) is 4.79 Å². The minimum absolute atomic E-state index is 0.226. The van der Waals surface area contributed by atoms with Crippen molar-refractivity contribution in [2.75, 3.05) is 0 Å². The zero-order chi connectivity index (χ0) is 13.2. The summed E-state index contributed by atoms with van der Waals surface area (Å²) in [5.41, 5.74) is -0.107. The Morgan fingerprint density at radius 3 is 2.61 bits per heavy atom. The third-order valence-corrected chi connectivity index (χ3v) is 2.41. The standard InChI is InChI=1S/C12H13N3O3/c1-12(2,14-11(16)17)10-13-9(15-18-10)8-6-4-3-5-7-8/h3-7,14H,1-2H3,(H,16,17). The van der Waals surface area contributed by atoms with E-state index in [0.29, 0.717) is 5.82 Å². The highest BCUT2D eigenvalue weighted by molar-refractivity contribution is 5.65. The maximum Gasteiger partial charge on any atom is 0.405 e. The summed E-state index contributed by atoms with van der Waals surface area (Å²) in [7, 11) is 0. The van der Waals surface area contributed by atoms with Crippen LogP contribution in [0.4, 0.5) is 4.79 Å². The van der Waals surface area contributed by atoms with Gasteiger partial charge in [0, 0.05) is 5.56 Å². The first-order valence-electron chi connectivity index (χ1n) is 5.40. The maximum atomic E-state index is 10.7. The van der Waals surface area contributed by atoms with Gasteiger partial charge < -0.3 is 14.9 Å². The largest absolute Gasteiger partial charge is 0.465 e. The molecule has 1 aromatic carbocycles. The molecule has 1 aromatic heterocycles. The minimum Gasteiger partial charge on any atom is -0.465 e. The molecule has 0 radical (unpaired) electrons. The average Bonchev–Trinajstić information content (AvgIpc) is 2.78. The molecule has 0 aliphatic carbocycles. The molecule has 2 aromatic rings. The Hall–Kier alpha value is -2.37. The van der Waals surface area contributed by atoms with Crippen molar-refractivity contribution in [2.45, 2.75) is 19.4 Å². The van der Waals surface area contributed by atoms with Gasteiger partial charge >= 0.3 is 6.09 Å². The van der Waals surface area contributed by atoms with E-state index < -0.39 is 11.6 Å². The Kier molecular flexibility index (Phi) is 3.01. The van der Waals surface area contributed by atoms with Gasteiger partial charge in [-0.15, -0.1) is 0 Å². The lowest BCUT2D eigenvalue weighted by atomic mass is 10.1. The Morgan fingerprint density at radius 2 is 2.00 bits per heavy atom. The number of amides is 1. The Labute approximate surface area is 104 Å². The van der Waals surface area contributed by atoms with Crippen LogP contribution >= 0.6 is 0 Å². The van der Waals surface area contributed by atoms with E-state index >= 15 is 0 Å². The van der Waals surface area contributed by atoms with Crippen LogP contribution < -0.4 is 5.32 Å². The second-order valence-corrected chi connectivity index (χ2v) is 4.34. The molecule has 18 heavy (non-hydrogen) atoms. The number of nitrogens with one attached hydrogen (secondary N) is 1. The zero-order valence-corrected chi connectivity index (χ0v) is 10.0. The first-order chi connectivity index (χ1) is 8.49. The topological polar surface area (TPSA) is 88.2 Å². The number of hydrogen-bond donors (Lipinski definition) is 2. The summed E-state index contributed by atoms with van der Waals surface area (Å²) in [5.74, 6) is 0.662. The van der Waals surface area contributed by atoms with E-state index in [1.54, 1.807) is 13.8 Å². The summed E-state index contributed by atoms with van der Waals surface area (Å²) in [5, 5.41) is 14.9. The molecule has 0 aliphatic rings. The number of nitrogens with zero attached hydrogens (tertiary/aromatic N) is 2. The Bertz CT molecular complexity index is 549. The third kappa shape index (κ3) is 2.48. The molecule has 0 atom stereocenters. The molecular weight excluding hydrogens is 234 g/mol. The van der Waals surface area contributed by atoms with Gasteiger partial charge in [0.2, 0.25) is 5.82 Å². The van der Waals surface area contributed by atoms with Crippen molar-refractivity contribution >= 4 is 6.09 Å². The van der Waals surface area contributed by atoms with Gasteiger partial charge in [-0.2, -0.15) is 4.98 Å². The number of benzene rings is 1. The van der Waals surface area contributed by atoms with Gasteiger partial charge in [0.15, 0.2) is 0 Å². The van der Waals surface area contributed by atoms with Crippen LogP contribution in [0.25, 0.3) is 11.4 Å². The lowest BCUT2D eigenvalue weighted by Gasteiger charge is -2.18. The van der Waals surface area contributed by atoms with Gasteiger partial charge in [-0.3, -0.25) is 0 Å². The zero-order valence-electron chi connectivity index (χ0n) is 10.0. The van der Waals surface area contributed by atoms with Crippen LogP contribution in [0, 0.1) is 0 Å². The van der Waals surface area contributed by atoms with Gasteiger partial charge in [-0.1, -0.05) is 35.5 Å². The van der Waals surface area contributed by atoms with Gasteiger partial charge in [0.25, 0.3) is 5.89 Å².